The predicted octanol–water partition coefficient (Wildman–Crippen LogP) is -1.81. The molecular formula is C32H48N2O12. The van der Waals surface area contributed by atoms with Crippen LogP contribution in [0.15, 0.2) is 49.6 Å². The van der Waals surface area contributed by atoms with Gasteiger partial charge in [0.25, 0.3) is 0 Å². The van der Waals surface area contributed by atoms with Crippen molar-refractivity contribution in [3.8, 4) is 0 Å². The highest BCUT2D eigenvalue weighted by molar-refractivity contribution is 6.03. The lowest BCUT2D eigenvalue weighted by atomic mass is 9.75. The van der Waals surface area contributed by atoms with E-state index in [9.17, 15) is 50.4 Å². The van der Waals surface area contributed by atoms with Crippen molar-refractivity contribution in [2.45, 2.75) is 60.0 Å². The fraction of sp³-hybridized carbons (Fsp3) is 0.625. The smallest absolute Gasteiger partial charge is 0.339 e. The first kappa shape index (κ1) is 37.7. The predicted molar refractivity (Wildman–Crippen MR) is 165 cm³/mol. The van der Waals surface area contributed by atoms with Crippen LogP contribution < -0.4 is 0 Å². The number of esters is 2. The molecule has 3 rings (SSSR count). The van der Waals surface area contributed by atoms with Crippen LogP contribution in [0.4, 0.5) is 0 Å². The molecule has 14 heteroatoms. The largest absolute Gasteiger partial charge is 0.459 e. The van der Waals surface area contributed by atoms with Crippen molar-refractivity contribution in [3.63, 3.8) is 0 Å². The van der Waals surface area contributed by atoms with Gasteiger partial charge in [0.2, 0.25) is 0 Å². The van der Waals surface area contributed by atoms with Crippen LogP contribution in [-0.2, 0) is 9.47 Å². The lowest BCUT2D eigenvalue weighted by Crippen LogP contribution is -2.72. The van der Waals surface area contributed by atoms with Gasteiger partial charge in [0, 0.05) is 38.8 Å². The SMILES string of the molecule is C=CCN1C(CO)(CO)CC(OC(=O)c2ccccc2C(=O)OC2CC(CO)(CO)N(CC=C)C(CO)(CO)C2)CC1(CO)CO. The highest BCUT2D eigenvalue weighted by Gasteiger charge is 2.56. The Bertz CT molecular complexity index is 1060. The van der Waals surface area contributed by atoms with Crippen molar-refractivity contribution >= 4 is 11.9 Å². The lowest BCUT2D eigenvalue weighted by Gasteiger charge is -2.57. The van der Waals surface area contributed by atoms with Crippen LogP contribution in [0, 0.1) is 0 Å². The maximum Gasteiger partial charge on any atom is 0.339 e. The number of carbonyl (C=O) groups is 2. The van der Waals surface area contributed by atoms with Gasteiger partial charge in [-0.1, -0.05) is 24.3 Å². The number of hydrogen-bond donors (Lipinski definition) is 8. The van der Waals surface area contributed by atoms with E-state index < -0.39 is 99.2 Å². The molecule has 0 atom stereocenters. The van der Waals surface area contributed by atoms with Gasteiger partial charge in [-0.3, -0.25) is 9.80 Å². The van der Waals surface area contributed by atoms with Crippen molar-refractivity contribution in [1.29, 1.82) is 0 Å². The zero-order valence-electron chi connectivity index (χ0n) is 26.0. The maximum absolute atomic E-state index is 13.6. The standard InChI is InChI=1S/C32H48N2O12/c1-3-9-33-29(15-35,16-36)11-23(12-30(33,17-37)18-38)45-27(43)25-7-5-6-8-26(25)28(44)46-24-13-31(19-39,20-40)34(10-4-2)32(14-24,21-41)22-42/h3-8,23-24,35-42H,1-2,9-22H2. The number of carbonyl (C=O) groups excluding carboxylic acids is 2. The van der Waals surface area contributed by atoms with Gasteiger partial charge in [-0.05, 0) is 12.1 Å². The van der Waals surface area contributed by atoms with Gasteiger partial charge in [-0.25, -0.2) is 9.59 Å². The van der Waals surface area contributed by atoms with Crippen LogP contribution in [0.3, 0.4) is 0 Å². The summed E-state index contributed by atoms with van der Waals surface area (Å²) in [6.45, 7) is 3.01. The monoisotopic (exact) mass is 652 g/mol. The molecule has 2 aliphatic rings. The second-order valence-electron chi connectivity index (χ2n) is 12.4. The van der Waals surface area contributed by atoms with E-state index in [0.717, 1.165) is 0 Å². The molecule has 0 spiro atoms. The molecular weight excluding hydrogens is 604 g/mol. The molecule has 0 radical (unpaired) electrons. The number of nitrogens with zero attached hydrogens (tertiary/aromatic N) is 2. The number of hydrogen-bond acceptors (Lipinski definition) is 14. The van der Waals surface area contributed by atoms with Crippen LogP contribution in [-0.4, -0.2) is 163 Å². The van der Waals surface area contributed by atoms with Gasteiger partial charge in [-0.15, -0.1) is 13.2 Å². The van der Waals surface area contributed by atoms with E-state index in [0.29, 0.717) is 0 Å². The fourth-order valence-electron chi connectivity index (χ4n) is 7.15. The zero-order chi connectivity index (χ0) is 34.2. The van der Waals surface area contributed by atoms with Crippen LogP contribution in [0.2, 0.25) is 0 Å². The van der Waals surface area contributed by atoms with Gasteiger partial charge in [0.1, 0.15) is 12.2 Å². The first-order valence-corrected chi connectivity index (χ1v) is 15.2. The molecule has 2 heterocycles. The summed E-state index contributed by atoms with van der Waals surface area (Å²) in [6.07, 6.45) is 0.836. The minimum Gasteiger partial charge on any atom is -0.459 e. The maximum atomic E-state index is 13.6. The minimum atomic E-state index is -1.38. The van der Waals surface area contributed by atoms with Crippen LogP contribution in [0.25, 0.3) is 0 Å². The van der Waals surface area contributed by atoms with Gasteiger partial charge < -0.3 is 50.3 Å². The van der Waals surface area contributed by atoms with Crippen LogP contribution in [0.1, 0.15) is 46.4 Å². The highest BCUT2D eigenvalue weighted by atomic mass is 16.6. The third kappa shape index (κ3) is 6.92. The van der Waals surface area contributed by atoms with Crippen molar-refractivity contribution in [3.05, 3.63) is 60.7 Å². The van der Waals surface area contributed by atoms with E-state index in [1.54, 1.807) is 9.80 Å². The molecule has 0 bridgehead atoms. The Morgan fingerprint density at radius 2 is 0.870 bits per heavy atom. The summed E-state index contributed by atoms with van der Waals surface area (Å²) in [5.41, 5.74) is -5.82. The average Bonchev–Trinajstić information content (AvgIpc) is 3.09. The number of ether oxygens (including phenoxy) is 2. The van der Waals surface area contributed by atoms with E-state index in [1.165, 1.54) is 36.4 Å². The molecule has 46 heavy (non-hydrogen) atoms. The Morgan fingerprint density at radius 3 is 1.09 bits per heavy atom. The summed E-state index contributed by atoms with van der Waals surface area (Å²) < 4.78 is 11.6. The van der Waals surface area contributed by atoms with Gasteiger partial charge in [0.05, 0.1) is 86.1 Å². The second kappa shape index (κ2) is 15.9. The summed E-state index contributed by atoms with van der Waals surface area (Å²) >= 11 is 0. The quantitative estimate of drug-likeness (QED) is 0.0729. The van der Waals surface area contributed by atoms with Crippen LogP contribution in [0.5, 0.6) is 0 Å². The van der Waals surface area contributed by atoms with E-state index in [1.807, 2.05) is 0 Å². The van der Waals surface area contributed by atoms with Crippen molar-refractivity contribution < 1.29 is 59.9 Å². The summed E-state index contributed by atoms with van der Waals surface area (Å²) in [5.74, 6) is -1.85. The van der Waals surface area contributed by atoms with Crippen molar-refractivity contribution in [2.24, 2.45) is 0 Å². The molecule has 0 unspecified atom stereocenters. The molecule has 0 aliphatic carbocycles. The number of benzene rings is 1. The number of likely N-dealkylation sites (tertiary alicyclic amines) is 2. The molecule has 0 saturated carbocycles. The molecule has 2 saturated heterocycles. The fourth-order valence-corrected chi connectivity index (χ4v) is 7.15. The molecule has 258 valence electrons. The average molecular weight is 653 g/mol. The van der Waals surface area contributed by atoms with Gasteiger partial charge in [-0.2, -0.15) is 0 Å². The minimum absolute atomic E-state index is 0.0496. The second-order valence-corrected chi connectivity index (χ2v) is 12.4. The summed E-state index contributed by atoms with van der Waals surface area (Å²) in [6, 6.07) is 5.73. The Morgan fingerprint density at radius 1 is 0.609 bits per heavy atom. The molecule has 2 fully saturated rings. The van der Waals surface area contributed by atoms with E-state index in [4.69, 9.17) is 9.47 Å². The third-order valence-electron chi connectivity index (χ3n) is 9.61. The molecule has 0 amide bonds. The Labute approximate surface area is 268 Å². The lowest BCUT2D eigenvalue weighted by molar-refractivity contribution is -0.167. The van der Waals surface area contributed by atoms with E-state index in [2.05, 4.69) is 13.2 Å². The van der Waals surface area contributed by atoms with Crippen molar-refractivity contribution in [2.75, 3.05) is 65.9 Å². The van der Waals surface area contributed by atoms with E-state index >= 15 is 0 Å². The summed E-state index contributed by atoms with van der Waals surface area (Å²) in [7, 11) is 0. The van der Waals surface area contributed by atoms with Gasteiger partial charge >= 0.3 is 11.9 Å². The Kier molecular flexibility index (Phi) is 13.0. The zero-order valence-corrected chi connectivity index (χ0v) is 26.0. The highest BCUT2D eigenvalue weighted by Crippen LogP contribution is 2.42. The number of rotatable bonds is 16. The molecule has 2 aliphatic heterocycles. The molecule has 1 aromatic rings. The van der Waals surface area contributed by atoms with Crippen molar-refractivity contribution in [1.82, 2.24) is 9.80 Å². The Hall–Kier alpha value is -2.76. The van der Waals surface area contributed by atoms with E-state index in [-0.39, 0.29) is 49.9 Å². The molecule has 14 nitrogen and oxygen atoms in total. The van der Waals surface area contributed by atoms with Gasteiger partial charge in [0.15, 0.2) is 0 Å². The topological polar surface area (TPSA) is 221 Å². The number of aliphatic hydroxyl groups is 8. The number of piperidine rings is 2. The summed E-state index contributed by atoms with van der Waals surface area (Å²) in [4.78, 5) is 30.3. The van der Waals surface area contributed by atoms with Crippen LogP contribution >= 0.6 is 0 Å². The normalized spacial score (nSPS) is 21.4. The number of aliphatic hydroxyl groups excluding tert-OH is 8. The third-order valence-corrected chi connectivity index (χ3v) is 9.61. The Balaban J connectivity index is 1.90. The summed E-state index contributed by atoms with van der Waals surface area (Å²) in [5, 5.41) is 82.6. The first-order valence-electron chi connectivity index (χ1n) is 15.2. The first-order chi connectivity index (χ1) is 22.0. The molecule has 0 aromatic heterocycles. The molecule has 1 aromatic carbocycles. The molecule has 8 N–H and O–H groups in total.